The molecule has 0 aliphatic heterocycles. The summed E-state index contributed by atoms with van der Waals surface area (Å²) in [6.45, 7) is 2.78. The second-order valence-corrected chi connectivity index (χ2v) is 11.1. The zero-order chi connectivity index (χ0) is 26.5. The molecule has 189 valence electrons. The summed E-state index contributed by atoms with van der Waals surface area (Å²) in [6, 6.07) is 13.0. The Labute approximate surface area is 206 Å². The largest absolute Gasteiger partial charge is 0.391 e. The average Bonchev–Trinajstić information content (AvgIpc) is 2.81. The molecular weight excluding hydrogens is 497 g/mol. The highest BCUT2D eigenvalue weighted by atomic mass is 28.3. The van der Waals surface area contributed by atoms with Crippen molar-refractivity contribution in [3.8, 4) is 0 Å². The number of rotatable bonds is 11. The van der Waals surface area contributed by atoms with Gasteiger partial charge < -0.3 is 8.85 Å². The molecule has 3 aromatic rings. The molecule has 3 aromatic carbocycles. The second-order valence-electron chi connectivity index (χ2n) is 8.55. The molecule has 0 aliphatic carbocycles. The van der Waals surface area contributed by atoms with Gasteiger partial charge in [-0.25, -0.2) is 13.2 Å². The van der Waals surface area contributed by atoms with Gasteiger partial charge in [0.25, 0.3) is 11.4 Å². The van der Waals surface area contributed by atoms with E-state index in [0.717, 1.165) is 0 Å². The fourth-order valence-corrected chi connectivity index (χ4v) is 5.36. The zero-order valence-electron chi connectivity index (χ0n) is 19.4. The summed E-state index contributed by atoms with van der Waals surface area (Å²) in [5.74, 6) is -3.20. The molecule has 0 unspecified atom stereocenters. The van der Waals surface area contributed by atoms with Crippen molar-refractivity contribution >= 4 is 20.7 Å². The first kappa shape index (κ1) is 27.0. The molecule has 8 nitrogen and oxygen atoms in total. The van der Waals surface area contributed by atoms with E-state index in [4.69, 9.17) is 8.85 Å². The molecule has 0 saturated heterocycles. The number of para-hydroxylation sites is 2. The minimum absolute atomic E-state index is 0.175. The van der Waals surface area contributed by atoms with Crippen LogP contribution in [0.3, 0.4) is 0 Å². The van der Waals surface area contributed by atoms with Gasteiger partial charge in [-0.15, -0.1) is 0 Å². The van der Waals surface area contributed by atoms with Crippen LogP contribution in [0, 0.1) is 37.7 Å². The highest BCUT2D eigenvalue weighted by molar-refractivity contribution is 6.48. The van der Waals surface area contributed by atoms with Gasteiger partial charge in [0.15, 0.2) is 0 Å². The van der Waals surface area contributed by atoms with E-state index in [1.165, 1.54) is 36.4 Å². The number of hydrogen-bond donors (Lipinski definition) is 0. The second kappa shape index (κ2) is 11.4. The van der Waals surface area contributed by atoms with Crippen LogP contribution in [0.5, 0.6) is 0 Å². The van der Waals surface area contributed by atoms with Crippen LogP contribution < -0.4 is 0 Å². The van der Waals surface area contributed by atoms with Crippen LogP contribution in [0.15, 0.2) is 60.7 Å². The van der Waals surface area contributed by atoms with Crippen LogP contribution in [0.1, 0.15) is 30.5 Å². The summed E-state index contributed by atoms with van der Waals surface area (Å²) < 4.78 is 54.1. The molecule has 0 aromatic heterocycles. The lowest BCUT2D eigenvalue weighted by molar-refractivity contribution is -0.385. The topological polar surface area (TPSA) is 105 Å². The van der Waals surface area contributed by atoms with Crippen molar-refractivity contribution in [1.29, 1.82) is 0 Å². The van der Waals surface area contributed by atoms with Crippen molar-refractivity contribution in [1.82, 2.24) is 0 Å². The van der Waals surface area contributed by atoms with Gasteiger partial charge in [0, 0.05) is 34.9 Å². The number of nitrogens with zero attached hydrogens (tertiary/aromatic N) is 2. The predicted molar refractivity (Wildman–Crippen MR) is 126 cm³/mol. The summed E-state index contributed by atoms with van der Waals surface area (Å²) in [7, 11) is -2.51. The Morgan fingerprint density at radius 1 is 0.806 bits per heavy atom. The molecule has 0 saturated carbocycles. The van der Waals surface area contributed by atoms with E-state index >= 15 is 0 Å². The lowest BCUT2D eigenvalue weighted by Crippen LogP contribution is -2.36. The molecule has 0 atom stereocenters. The molecule has 0 amide bonds. The molecule has 0 heterocycles. The lowest BCUT2D eigenvalue weighted by atomic mass is 10.0. The smallest absolute Gasteiger partial charge is 0.388 e. The van der Waals surface area contributed by atoms with Crippen molar-refractivity contribution in [2.75, 3.05) is 0 Å². The summed E-state index contributed by atoms with van der Waals surface area (Å²) in [4.78, 5) is 21.6. The van der Waals surface area contributed by atoms with E-state index in [-0.39, 0.29) is 47.7 Å². The van der Waals surface area contributed by atoms with E-state index in [0.29, 0.717) is 12.1 Å². The lowest BCUT2D eigenvalue weighted by Gasteiger charge is -2.31. The summed E-state index contributed by atoms with van der Waals surface area (Å²) >= 11 is 0. The Hall–Kier alpha value is -3.61. The molecular formula is C24H22F3N2O6Si. The van der Waals surface area contributed by atoms with Gasteiger partial charge in [0.05, 0.1) is 34.2 Å². The van der Waals surface area contributed by atoms with Crippen LogP contribution in [-0.4, -0.2) is 19.1 Å². The predicted octanol–water partition coefficient (Wildman–Crippen LogP) is 6.16. The monoisotopic (exact) mass is 519 g/mol. The third-order valence-electron chi connectivity index (χ3n) is 5.37. The highest BCUT2D eigenvalue weighted by Gasteiger charge is 2.39. The molecule has 0 bridgehead atoms. The maximum Gasteiger partial charge on any atom is 0.391 e. The molecule has 36 heavy (non-hydrogen) atoms. The SMILES string of the molecule is CC(C)(Cc1c(F)cc(F)cc1F)[Si](OCc1ccccc1[N+](=O)[O-])OCc1ccccc1[N+](=O)[O-]. The molecule has 0 aliphatic rings. The van der Waals surface area contributed by atoms with Gasteiger partial charge >= 0.3 is 9.28 Å². The number of hydrogen-bond acceptors (Lipinski definition) is 6. The van der Waals surface area contributed by atoms with E-state index in [9.17, 15) is 33.4 Å². The van der Waals surface area contributed by atoms with E-state index < -0.39 is 41.6 Å². The van der Waals surface area contributed by atoms with Crippen LogP contribution in [0.4, 0.5) is 24.5 Å². The van der Waals surface area contributed by atoms with E-state index in [1.807, 2.05) is 0 Å². The van der Waals surface area contributed by atoms with Crippen molar-refractivity contribution in [3.05, 3.63) is 115 Å². The van der Waals surface area contributed by atoms with E-state index in [1.54, 1.807) is 26.0 Å². The fourth-order valence-electron chi connectivity index (χ4n) is 3.60. The molecule has 12 heteroatoms. The third-order valence-corrected chi connectivity index (χ3v) is 7.47. The van der Waals surface area contributed by atoms with Gasteiger partial charge in [-0.2, -0.15) is 0 Å². The van der Waals surface area contributed by atoms with Crippen molar-refractivity contribution in [2.45, 2.75) is 38.5 Å². The summed E-state index contributed by atoms with van der Waals surface area (Å²) in [6.07, 6.45) is -0.243. The Morgan fingerprint density at radius 3 is 1.64 bits per heavy atom. The van der Waals surface area contributed by atoms with Gasteiger partial charge in [-0.3, -0.25) is 20.2 Å². The minimum Gasteiger partial charge on any atom is -0.388 e. The molecule has 0 spiro atoms. The maximum atomic E-state index is 14.4. The average molecular weight is 520 g/mol. The highest BCUT2D eigenvalue weighted by Crippen LogP contribution is 2.37. The van der Waals surface area contributed by atoms with Crippen LogP contribution >= 0.6 is 0 Å². The van der Waals surface area contributed by atoms with Crippen molar-refractivity contribution in [3.63, 3.8) is 0 Å². The number of nitro benzene ring substituents is 2. The fraction of sp³-hybridized carbons (Fsp3) is 0.250. The van der Waals surface area contributed by atoms with Gasteiger partial charge in [-0.05, 0) is 18.6 Å². The Balaban J connectivity index is 1.90. The van der Waals surface area contributed by atoms with Gasteiger partial charge in [0.2, 0.25) is 0 Å². The first-order valence-electron chi connectivity index (χ1n) is 10.7. The van der Waals surface area contributed by atoms with Crippen LogP contribution in [-0.2, 0) is 28.5 Å². The molecule has 1 radical (unpaired) electrons. The Bertz CT molecular complexity index is 1190. The van der Waals surface area contributed by atoms with Crippen LogP contribution in [0.25, 0.3) is 0 Å². The maximum absolute atomic E-state index is 14.4. The standard InChI is InChI=1S/C24H22F3N2O6Si/c1-24(2,13-19-20(26)11-18(25)12-21(19)27)36(34-14-16-7-3-5-9-22(16)28(30)31)35-15-17-8-4-6-10-23(17)29(32)33/h3-12H,13-15H2,1-2H3. The quantitative estimate of drug-likeness (QED) is 0.171. The van der Waals surface area contributed by atoms with Crippen molar-refractivity contribution in [2.24, 2.45) is 0 Å². The normalized spacial score (nSPS) is 11.6. The minimum atomic E-state index is -2.51. The Morgan fingerprint density at radius 2 is 1.22 bits per heavy atom. The number of halogens is 3. The van der Waals surface area contributed by atoms with E-state index in [2.05, 4.69) is 0 Å². The first-order valence-corrected chi connectivity index (χ1v) is 12.0. The first-order chi connectivity index (χ1) is 17.0. The molecule has 0 N–H and O–H groups in total. The number of nitro groups is 2. The third kappa shape index (κ3) is 6.53. The van der Waals surface area contributed by atoms with Gasteiger partial charge in [-0.1, -0.05) is 38.1 Å². The Kier molecular flexibility index (Phi) is 8.56. The zero-order valence-corrected chi connectivity index (χ0v) is 20.4. The summed E-state index contributed by atoms with van der Waals surface area (Å²) in [5, 5.41) is 21.7. The summed E-state index contributed by atoms with van der Waals surface area (Å²) in [5.41, 5.74) is -0.201. The number of benzene rings is 3. The van der Waals surface area contributed by atoms with Crippen molar-refractivity contribution < 1.29 is 31.9 Å². The van der Waals surface area contributed by atoms with Gasteiger partial charge in [0.1, 0.15) is 17.5 Å². The molecule has 3 rings (SSSR count). The van der Waals surface area contributed by atoms with Crippen LogP contribution in [0.2, 0.25) is 5.04 Å². The molecule has 0 fully saturated rings.